The summed E-state index contributed by atoms with van der Waals surface area (Å²) in [6, 6.07) is 10.6. The summed E-state index contributed by atoms with van der Waals surface area (Å²) < 4.78 is 3.38. The van der Waals surface area contributed by atoms with E-state index in [0.717, 1.165) is 17.8 Å². The van der Waals surface area contributed by atoms with Crippen molar-refractivity contribution in [1.29, 1.82) is 0 Å². The number of fused-ring (bicyclic) bond motifs is 5. The first-order valence-corrected chi connectivity index (χ1v) is 6.79. The number of aryl methyl sites for hydroxylation is 1. The highest BCUT2D eigenvalue weighted by Gasteiger charge is 2.25. The number of benzene rings is 1. The van der Waals surface area contributed by atoms with Crippen molar-refractivity contribution in [2.45, 2.75) is 13.3 Å². The van der Waals surface area contributed by atoms with E-state index in [4.69, 9.17) is 4.98 Å². The van der Waals surface area contributed by atoms with E-state index in [1.165, 1.54) is 26.9 Å². The predicted molar refractivity (Wildman–Crippen MR) is 75.9 cm³/mol. The molecule has 0 bridgehead atoms. The van der Waals surface area contributed by atoms with E-state index in [-0.39, 0.29) is 0 Å². The van der Waals surface area contributed by atoms with Crippen molar-refractivity contribution in [3.8, 4) is 11.3 Å². The Balaban J connectivity index is 2.07. The molecule has 1 aliphatic rings. The molecular formula is C15H11BrN2. The molecule has 0 saturated carbocycles. The molecule has 0 amide bonds. The van der Waals surface area contributed by atoms with Crippen molar-refractivity contribution in [2.75, 3.05) is 0 Å². The molecule has 0 spiro atoms. The van der Waals surface area contributed by atoms with Gasteiger partial charge in [0.15, 0.2) is 0 Å². The van der Waals surface area contributed by atoms with Gasteiger partial charge in [-0.25, -0.2) is 4.98 Å². The second-order valence-electron chi connectivity index (χ2n) is 4.78. The van der Waals surface area contributed by atoms with Crippen LogP contribution in [-0.4, -0.2) is 9.38 Å². The third kappa shape index (κ3) is 1.25. The molecular weight excluding hydrogens is 288 g/mol. The molecule has 3 heteroatoms. The van der Waals surface area contributed by atoms with Crippen LogP contribution in [0.3, 0.4) is 0 Å². The minimum atomic E-state index is 0.955. The van der Waals surface area contributed by atoms with Gasteiger partial charge in [-0.3, -0.25) is 0 Å². The molecule has 0 unspecified atom stereocenters. The number of imidazole rings is 1. The molecule has 0 fully saturated rings. The van der Waals surface area contributed by atoms with E-state index in [9.17, 15) is 0 Å². The maximum absolute atomic E-state index is 4.78. The quantitative estimate of drug-likeness (QED) is 0.480. The summed E-state index contributed by atoms with van der Waals surface area (Å²) in [5.74, 6) is 0. The van der Waals surface area contributed by atoms with Crippen molar-refractivity contribution >= 4 is 21.6 Å². The Morgan fingerprint density at radius 2 is 2.17 bits per heavy atom. The van der Waals surface area contributed by atoms with E-state index in [2.05, 4.69) is 63.8 Å². The Bertz CT molecular complexity index is 787. The Kier molecular flexibility index (Phi) is 1.98. The number of nitrogens with zero attached hydrogens (tertiary/aromatic N) is 2. The largest absolute Gasteiger partial charge is 0.303 e. The van der Waals surface area contributed by atoms with Gasteiger partial charge >= 0.3 is 0 Å². The molecule has 1 aliphatic carbocycles. The molecule has 0 atom stereocenters. The third-order valence-corrected chi connectivity index (χ3v) is 4.34. The zero-order valence-electron chi connectivity index (χ0n) is 9.94. The van der Waals surface area contributed by atoms with Gasteiger partial charge in [-0.15, -0.1) is 0 Å². The number of aromatic nitrogens is 2. The van der Waals surface area contributed by atoms with Crippen molar-refractivity contribution in [3.63, 3.8) is 0 Å². The lowest BCUT2D eigenvalue weighted by atomic mass is 10.1. The maximum Gasteiger partial charge on any atom is 0.137 e. The van der Waals surface area contributed by atoms with Crippen LogP contribution in [0.5, 0.6) is 0 Å². The Labute approximate surface area is 113 Å². The van der Waals surface area contributed by atoms with Crippen LogP contribution in [0.2, 0.25) is 0 Å². The summed E-state index contributed by atoms with van der Waals surface area (Å²) >= 11 is 3.63. The summed E-state index contributed by atoms with van der Waals surface area (Å²) in [4.78, 5) is 4.78. The first-order chi connectivity index (χ1) is 8.74. The van der Waals surface area contributed by atoms with Crippen LogP contribution in [0.1, 0.15) is 16.8 Å². The molecule has 2 heterocycles. The van der Waals surface area contributed by atoms with Crippen LogP contribution in [0.25, 0.3) is 16.9 Å². The van der Waals surface area contributed by atoms with Gasteiger partial charge < -0.3 is 4.40 Å². The topological polar surface area (TPSA) is 17.3 Å². The summed E-state index contributed by atoms with van der Waals surface area (Å²) in [5, 5.41) is 0. The van der Waals surface area contributed by atoms with Crippen LogP contribution in [0, 0.1) is 6.92 Å². The number of rotatable bonds is 0. The van der Waals surface area contributed by atoms with Gasteiger partial charge in [-0.05, 0) is 36.2 Å². The third-order valence-electron chi connectivity index (χ3n) is 3.60. The lowest BCUT2D eigenvalue weighted by molar-refractivity contribution is 1.04. The SMILES string of the molecule is Cc1ccn2c3c(nc2c1)-c1cccc(Br)c1C3. The molecule has 3 aromatic rings. The number of pyridine rings is 1. The van der Waals surface area contributed by atoms with Gasteiger partial charge in [-0.1, -0.05) is 28.1 Å². The van der Waals surface area contributed by atoms with Crippen molar-refractivity contribution in [3.05, 3.63) is 57.8 Å². The van der Waals surface area contributed by atoms with E-state index < -0.39 is 0 Å². The Morgan fingerprint density at radius 3 is 3.06 bits per heavy atom. The first kappa shape index (κ1) is 10.3. The normalized spacial score (nSPS) is 12.8. The number of hydrogen-bond donors (Lipinski definition) is 0. The summed E-state index contributed by atoms with van der Waals surface area (Å²) in [6.45, 7) is 2.10. The van der Waals surface area contributed by atoms with Gasteiger partial charge in [0.2, 0.25) is 0 Å². The second-order valence-corrected chi connectivity index (χ2v) is 5.64. The van der Waals surface area contributed by atoms with Crippen LogP contribution >= 0.6 is 15.9 Å². The van der Waals surface area contributed by atoms with Crippen LogP contribution < -0.4 is 0 Å². The predicted octanol–water partition coefficient (Wildman–Crippen LogP) is 3.98. The maximum atomic E-state index is 4.78. The Hall–Kier alpha value is -1.61. The van der Waals surface area contributed by atoms with E-state index in [1.807, 2.05) is 0 Å². The minimum Gasteiger partial charge on any atom is -0.303 e. The van der Waals surface area contributed by atoms with E-state index >= 15 is 0 Å². The van der Waals surface area contributed by atoms with Gasteiger partial charge in [0.05, 0.1) is 11.4 Å². The average Bonchev–Trinajstić information content (AvgIpc) is 2.86. The smallest absolute Gasteiger partial charge is 0.137 e. The first-order valence-electron chi connectivity index (χ1n) is 5.99. The summed E-state index contributed by atoms with van der Waals surface area (Å²) in [7, 11) is 0. The fourth-order valence-corrected chi connectivity index (χ4v) is 3.22. The standard InChI is InChI=1S/C15H11BrN2/c1-9-5-6-18-13-8-11-10(3-2-4-12(11)16)15(13)17-14(18)7-9/h2-7H,8H2,1H3. The summed E-state index contributed by atoms with van der Waals surface area (Å²) in [5.41, 5.74) is 7.35. The van der Waals surface area contributed by atoms with Crippen LogP contribution in [-0.2, 0) is 6.42 Å². The fourth-order valence-electron chi connectivity index (χ4n) is 2.71. The van der Waals surface area contributed by atoms with Gasteiger partial charge in [0.1, 0.15) is 5.65 Å². The molecule has 4 rings (SSSR count). The minimum absolute atomic E-state index is 0.955. The van der Waals surface area contributed by atoms with Crippen molar-refractivity contribution in [1.82, 2.24) is 9.38 Å². The molecule has 0 saturated heterocycles. The van der Waals surface area contributed by atoms with Gasteiger partial charge in [-0.2, -0.15) is 0 Å². The number of hydrogen-bond acceptors (Lipinski definition) is 1. The summed E-state index contributed by atoms with van der Waals surface area (Å²) in [6.07, 6.45) is 3.08. The molecule has 18 heavy (non-hydrogen) atoms. The highest BCUT2D eigenvalue weighted by molar-refractivity contribution is 9.10. The fraction of sp³-hybridized carbons (Fsp3) is 0.133. The van der Waals surface area contributed by atoms with Gasteiger partial charge in [0, 0.05) is 22.7 Å². The van der Waals surface area contributed by atoms with Crippen LogP contribution in [0.15, 0.2) is 41.0 Å². The monoisotopic (exact) mass is 298 g/mol. The Morgan fingerprint density at radius 1 is 1.28 bits per heavy atom. The van der Waals surface area contributed by atoms with E-state index in [1.54, 1.807) is 0 Å². The van der Waals surface area contributed by atoms with Gasteiger partial charge in [0.25, 0.3) is 0 Å². The van der Waals surface area contributed by atoms with Crippen molar-refractivity contribution < 1.29 is 0 Å². The van der Waals surface area contributed by atoms with E-state index in [0.29, 0.717) is 0 Å². The molecule has 0 radical (unpaired) electrons. The molecule has 2 nitrogen and oxygen atoms in total. The highest BCUT2D eigenvalue weighted by Crippen LogP contribution is 2.39. The molecule has 2 aromatic heterocycles. The number of halogens is 1. The lowest BCUT2D eigenvalue weighted by Crippen LogP contribution is -1.92. The van der Waals surface area contributed by atoms with Crippen LogP contribution in [0.4, 0.5) is 0 Å². The molecule has 88 valence electrons. The second kappa shape index (κ2) is 3.45. The van der Waals surface area contributed by atoms with Crippen molar-refractivity contribution in [2.24, 2.45) is 0 Å². The molecule has 1 aromatic carbocycles. The molecule has 0 aliphatic heterocycles. The zero-order chi connectivity index (χ0) is 12.3. The zero-order valence-corrected chi connectivity index (χ0v) is 11.5. The molecule has 0 N–H and O–H groups in total. The average molecular weight is 299 g/mol. The highest BCUT2D eigenvalue weighted by atomic mass is 79.9. The lowest BCUT2D eigenvalue weighted by Gasteiger charge is -2.02.